The summed E-state index contributed by atoms with van der Waals surface area (Å²) in [6.07, 6.45) is -2.02. The van der Waals surface area contributed by atoms with E-state index < -0.39 is 58.6 Å². The number of fused-ring (bicyclic) bond motifs is 6. The van der Waals surface area contributed by atoms with Crippen molar-refractivity contribution in [3.05, 3.63) is 245 Å². The van der Waals surface area contributed by atoms with Crippen LogP contribution < -0.4 is 73.6 Å². The number of aliphatic hydroxyl groups excluding tert-OH is 5. The summed E-state index contributed by atoms with van der Waals surface area (Å²) in [5.74, 6) is 2.37. The molecule has 0 spiro atoms. The number of rotatable bonds is 38. The lowest BCUT2D eigenvalue weighted by Gasteiger charge is -2.33. The fourth-order valence-corrected chi connectivity index (χ4v) is 11.7. The van der Waals surface area contributed by atoms with Crippen LogP contribution in [0.25, 0.3) is 65.8 Å². The molecular formula is C81H87N5O24. The SMILES string of the molecule is NCCCCCN.O=c1ccc2ccc(OCC(O)CN(CCN(CC(O)COc3ccc4ccc(=O)oc4c3)CC(O)COc3ccc4ccc(=O)oc4c3)CCN(CC(O)COc3ccc4ccc(=O)oc4c3)CC(O)COc3ccc4ccc(=O)oc4c3)cc2o1.O=c1ccc2ccc(OCC3CO3)cc2o1. The van der Waals surface area contributed by atoms with Crippen LogP contribution in [-0.2, 0) is 4.74 Å². The first-order chi connectivity index (χ1) is 53.3. The molecule has 6 unspecified atom stereocenters. The number of epoxide rings is 1. The molecule has 0 saturated carbocycles. The van der Waals surface area contributed by atoms with Gasteiger partial charge in [0.2, 0.25) is 0 Å². The predicted molar refractivity (Wildman–Crippen MR) is 409 cm³/mol. The average molecular weight is 1510 g/mol. The highest BCUT2D eigenvalue weighted by Crippen LogP contribution is 2.26. The minimum absolute atomic E-state index is 0.00532. The Morgan fingerprint density at radius 3 is 0.745 bits per heavy atom. The van der Waals surface area contributed by atoms with Gasteiger partial charge in [-0.3, -0.25) is 14.7 Å². The molecule has 0 aliphatic carbocycles. The number of hydrogen-bond acceptors (Lipinski definition) is 29. The Morgan fingerprint density at radius 1 is 0.309 bits per heavy atom. The van der Waals surface area contributed by atoms with Gasteiger partial charge in [0, 0.05) is 164 Å². The summed E-state index contributed by atoms with van der Waals surface area (Å²) in [4.78, 5) is 76.4. The lowest BCUT2D eigenvalue weighted by Crippen LogP contribution is -2.49. The molecule has 29 nitrogen and oxygen atoms in total. The second-order valence-electron chi connectivity index (χ2n) is 26.3. The molecule has 110 heavy (non-hydrogen) atoms. The highest BCUT2D eigenvalue weighted by Gasteiger charge is 2.25. The second-order valence-corrected chi connectivity index (χ2v) is 26.3. The van der Waals surface area contributed by atoms with E-state index in [2.05, 4.69) is 0 Å². The van der Waals surface area contributed by atoms with Crippen LogP contribution in [0.15, 0.2) is 237 Å². The van der Waals surface area contributed by atoms with Crippen molar-refractivity contribution in [3.63, 3.8) is 0 Å². The molecule has 6 aromatic carbocycles. The van der Waals surface area contributed by atoms with E-state index in [1.807, 2.05) is 17.0 Å². The minimum atomic E-state index is -1.14. The number of nitrogens with zero attached hydrogens (tertiary/aromatic N) is 3. The van der Waals surface area contributed by atoms with Crippen molar-refractivity contribution >= 4 is 65.8 Å². The molecule has 0 radical (unpaired) electrons. The van der Waals surface area contributed by atoms with E-state index in [-0.39, 0.29) is 104 Å². The van der Waals surface area contributed by atoms with Crippen molar-refractivity contribution in [2.24, 2.45) is 11.5 Å². The van der Waals surface area contributed by atoms with Crippen LogP contribution in [0.1, 0.15) is 19.3 Å². The van der Waals surface area contributed by atoms with Crippen LogP contribution in [0, 0.1) is 0 Å². The molecule has 0 amide bonds. The molecule has 13 rings (SSSR count). The highest BCUT2D eigenvalue weighted by atomic mass is 16.6. The zero-order chi connectivity index (χ0) is 77.3. The maximum Gasteiger partial charge on any atom is 0.336 e. The maximum absolute atomic E-state index is 12.0. The summed E-state index contributed by atoms with van der Waals surface area (Å²) in [6, 6.07) is 48.0. The van der Waals surface area contributed by atoms with Gasteiger partial charge in [0.25, 0.3) is 0 Å². The Morgan fingerprint density at radius 2 is 0.518 bits per heavy atom. The van der Waals surface area contributed by atoms with Gasteiger partial charge in [0.15, 0.2) is 0 Å². The van der Waals surface area contributed by atoms with Crippen molar-refractivity contribution in [1.29, 1.82) is 0 Å². The molecule has 6 atom stereocenters. The molecule has 29 heteroatoms. The number of nitrogens with two attached hydrogens (primary N) is 2. The van der Waals surface area contributed by atoms with Crippen LogP contribution in [0.5, 0.6) is 34.5 Å². The van der Waals surface area contributed by atoms with Gasteiger partial charge in [-0.15, -0.1) is 0 Å². The summed E-state index contributed by atoms with van der Waals surface area (Å²) < 4.78 is 72.1. The average Bonchev–Trinajstić information content (AvgIpc) is 1.82. The quantitative estimate of drug-likeness (QED) is 0.0127. The van der Waals surface area contributed by atoms with Crippen molar-refractivity contribution < 1.29 is 85.2 Å². The molecule has 7 heterocycles. The van der Waals surface area contributed by atoms with Crippen LogP contribution in [0.2, 0.25) is 0 Å². The van der Waals surface area contributed by atoms with Crippen molar-refractivity contribution in [1.82, 2.24) is 14.7 Å². The Balaban J connectivity index is 0.000000442. The predicted octanol–water partition coefficient (Wildman–Crippen LogP) is 6.27. The minimum Gasteiger partial charge on any atom is -0.491 e. The van der Waals surface area contributed by atoms with Crippen LogP contribution in [0.3, 0.4) is 0 Å². The fraction of sp³-hybridized carbons (Fsp3) is 0.333. The normalized spacial score (nSPS) is 14.1. The standard InChI is InChI=1S/C64H63N3O20.C12H10O4.C5H14N2/c68-45(35-78-50-11-1-40-6-16-60(73)83-55(40)25-50)30-65(21-23-66(31-46(69)36-79-51-12-2-41-7-17-61(74)84-56(41)26-51)32-47(70)37-80-52-13-3-42-8-18-62(75)85-57(42)27-52)22-24-67(33-48(71)38-81-53-14-4-43-9-19-63(76)86-58(43)28-53)34-49(72)39-82-54-15-5-44-10-20-64(77)87-59(44)29-54;13-12-4-2-8-1-3-9(5-11(8)16-12)14-6-10-7-15-10;6-4-2-1-3-5-7/h1-20,25-29,45-49,68-72H,21-24,30-39H2;1-5,10H,6-7H2;1-7H2. The molecular weight excluding hydrogens is 1430 g/mol. The number of hydrogen-bond donors (Lipinski definition) is 7. The monoisotopic (exact) mass is 1510 g/mol. The molecule has 1 saturated heterocycles. The third-order valence-electron chi connectivity index (χ3n) is 17.3. The van der Waals surface area contributed by atoms with E-state index in [4.69, 9.17) is 71.1 Å². The zero-order valence-corrected chi connectivity index (χ0v) is 60.1. The zero-order valence-electron chi connectivity index (χ0n) is 60.1. The topological polar surface area (TPSA) is 412 Å². The van der Waals surface area contributed by atoms with Crippen molar-refractivity contribution in [3.8, 4) is 34.5 Å². The molecule has 6 aromatic heterocycles. The summed E-state index contributed by atoms with van der Waals surface area (Å²) in [7, 11) is 0. The third-order valence-corrected chi connectivity index (χ3v) is 17.3. The fourth-order valence-electron chi connectivity index (χ4n) is 11.7. The first-order valence-electron chi connectivity index (χ1n) is 35.9. The number of ether oxygens (including phenoxy) is 7. The Hall–Kier alpha value is -11.1. The molecule has 12 aromatic rings. The number of aliphatic hydroxyl groups is 5. The first-order valence-corrected chi connectivity index (χ1v) is 35.9. The highest BCUT2D eigenvalue weighted by molar-refractivity contribution is 5.81. The molecule has 1 aliphatic heterocycles. The van der Waals surface area contributed by atoms with Gasteiger partial charge in [-0.05, 0) is 135 Å². The van der Waals surface area contributed by atoms with Gasteiger partial charge in [0.05, 0.1) is 6.61 Å². The van der Waals surface area contributed by atoms with Gasteiger partial charge < -0.3 is 96.7 Å². The molecule has 1 aliphatic rings. The van der Waals surface area contributed by atoms with E-state index in [0.717, 1.165) is 37.9 Å². The summed E-state index contributed by atoms with van der Waals surface area (Å²) in [5, 5.41) is 62.2. The van der Waals surface area contributed by atoms with E-state index in [9.17, 15) is 54.3 Å². The largest absolute Gasteiger partial charge is 0.491 e. The van der Waals surface area contributed by atoms with Gasteiger partial charge in [-0.25, -0.2) is 28.8 Å². The summed E-state index contributed by atoms with van der Waals surface area (Å²) >= 11 is 0. The molecule has 1 fully saturated rings. The van der Waals surface area contributed by atoms with E-state index in [1.165, 1.54) is 42.8 Å². The third kappa shape index (κ3) is 25.3. The van der Waals surface area contributed by atoms with Gasteiger partial charge >= 0.3 is 33.8 Å². The van der Waals surface area contributed by atoms with Crippen molar-refractivity contribution in [2.75, 3.05) is 118 Å². The summed E-state index contributed by atoms with van der Waals surface area (Å²) in [5.41, 5.74) is 9.46. The summed E-state index contributed by atoms with van der Waals surface area (Å²) in [6.45, 7) is 2.56. The lowest BCUT2D eigenvalue weighted by atomic mass is 10.2. The molecule has 580 valence electrons. The Kier molecular flexibility index (Phi) is 29.0. The van der Waals surface area contributed by atoms with Gasteiger partial charge in [-0.2, -0.15) is 0 Å². The van der Waals surface area contributed by atoms with Gasteiger partial charge in [-0.1, -0.05) is 6.42 Å². The smallest absolute Gasteiger partial charge is 0.336 e. The van der Waals surface area contributed by atoms with E-state index in [1.54, 1.807) is 143 Å². The molecule has 9 N–H and O–H groups in total. The second kappa shape index (κ2) is 39.9. The van der Waals surface area contributed by atoms with Crippen LogP contribution >= 0.6 is 0 Å². The maximum atomic E-state index is 12.0. The van der Waals surface area contributed by atoms with Gasteiger partial charge in [0.1, 0.15) is 144 Å². The molecule has 0 bridgehead atoms. The number of benzene rings is 6. The van der Waals surface area contributed by atoms with Crippen LogP contribution in [0.4, 0.5) is 0 Å². The Bertz CT molecular complexity index is 4920. The van der Waals surface area contributed by atoms with Crippen LogP contribution in [-0.4, -0.2) is 195 Å². The lowest BCUT2D eigenvalue weighted by molar-refractivity contribution is 0.0142. The van der Waals surface area contributed by atoms with E-state index >= 15 is 0 Å². The first kappa shape index (κ1) is 80.0. The number of unbranched alkanes of at least 4 members (excludes halogenated alkanes) is 2. The van der Waals surface area contributed by atoms with Crippen molar-refractivity contribution in [2.45, 2.75) is 55.9 Å². The Labute approximate surface area is 627 Å². The van der Waals surface area contributed by atoms with E-state index in [0.29, 0.717) is 102 Å².